The molecule has 0 aliphatic carbocycles. The predicted molar refractivity (Wildman–Crippen MR) is 84.2 cm³/mol. The number of carbonyl (C=O) groups is 1. The zero-order chi connectivity index (χ0) is 15.1. The molecule has 4 heteroatoms. The Balaban J connectivity index is 1.90. The second kappa shape index (κ2) is 5.34. The quantitative estimate of drug-likeness (QED) is 0.808. The summed E-state index contributed by atoms with van der Waals surface area (Å²) < 4.78 is 5.84. The van der Waals surface area contributed by atoms with E-state index in [4.69, 9.17) is 10.5 Å². The summed E-state index contributed by atoms with van der Waals surface area (Å²) in [6.45, 7) is 6.97. The first-order valence-corrected chi connectivity index (χ1v) is 7.84. The smallest absolute Gasteiger partial charge is 0.233 e. The molecular formula is C17H24N2O2. The molecule has 0 bridgehead atoms. The van der Waals surface area contributed by atoms with Crippen LogP contribution in [0.5, 0.6) is 0 Å². The van der Waals surface area contributed by atoms with Crippen LogP contribution in [-0.4, -0.2) is 24.7 Å². The summed E-state index contributed by atoms with van der Waals surface area (Å²) in [4.78, 5) is 15.0. The minimum Gasteiger partial charge on any atom is -0.399 e. The normalized spacial score (nSPS) is 32.0. The third kappa shape index (κ3) is 2.42. The van der Waals surface area contributed by atoms with Gasteiger partial charge < -0.3 is 15.4 Å². The van der Waals surface area contributed by atoms with Crippen molar-refractivity contribution in [3.05, 3.63) is 23.8 Å². The van der Waals surface area contributed by atoms with E-state index in [1.165, 1.54) is 5.56 Å². The van der Waals surface area contributed by atoms with Crippen molar-refractivity contribution in [2.24, 2.45) is 11.8 Å². The zero-order valence-corrected chi connectivity index (χ0v) is 13.0. The zero-order valence-electron chi connectivity index (χ0n) is 13.0. The van der Waals surface area contributed by atoms with Crippen molar-refractivity contribution in [3.63, 3.8) is 0 Å². The van der Waals surface area contributed by atoms with Crippen molar-refractivity contribution in [2.45, 2.75) is 45.8 Å². The monoisotopic (exact) mass is 288 g/mol. The first-order valence-electron chi connectivity index (χ1n) is 7.84. The van der Waals surface area contributed by atoms with Crippen molar-refractivity contribution in [3.8, 4) is 0 Å². The van der Waals surface area contributed by atoms with E-state index in [1.54, 1.807) is 0 Å². The van der Waals surface area contributed by atoms with Crippen LogP contribution in [0.2, 0.25) is 0 Å². The second-order valence-electron chi connectivity index (χ2n) is 6.41. The minimum atomic E-state index is -0.0523. The molecule has 1 amide bonds. The molecule has 2 aliphatic heterocycles. The van der Waals surface area contributed by atoms with Crippen molar-refractivity contribution in [1.29, 1.82) is 0 Å². The predicted octanol–water partition coefficient (Wildman–Crippen LogP) is 2.61. The first-order chi connectivity index (χ1) is 9.99. The second-order valence-corrected chi connectivity index (χ2v) is 6.41. The Morgan fingerprint density at radius 3 is 2.71 bits per heavy atom. The average molecular weight is 288 g/mol. The van der Waals surface area contributed by atoms with Gasteiger partial charge in [0.25, 0.3) is 0 Å². The van der Waals surface area contributed by atoms with Crippen molar-refractivity contribution in [1.82, 2.24) is 0 Å². The van der Waals surface area contributed by atoms with Gasteiger partial charge >= 0.3 is 0 Å². The van der Waals surface area contributed by atoms with E-state index in [0.29, 0.717) is 0 Å². The van der Waals surface area contributed by atoms with E-state index in [1.807, 2.05) is 30.0 Å². The number of benzene rings is 1. The summed E-state index contributed by atoms with van der Waals surface area (Å²) in [6, 6.07) is 5.86. The fourth-order valence-electron chi connectivity index (χ4n) is 3.72. The fraction of sp³-hybridized carbons (Fsp3) is 0.588. The number of aryl methyl sites for hydroxylation is 1. The van der Waals surface area contributed by atoms with Crippen LogP contribution in [-0.2, 0) is 16.0 Å². The van der Waals surface area contributed by atoms with Gasteiger partial charge in [0.1, 0.15) is 0 Å². The van der Waals surface area contributed by atoms with Crippen LogP contribution in [0.25, 0.3) is 0 Å². The lowest BCUT2D eigenvalue weighted by Gasteiger charge is -2.33. The van der Waals surface area contributed by atoms with Crippen LogP contribution < -0.4 is 10.6 Å². The molecule has 1 fully saturated rings. The van der Waals surface area contributed by atoms with Gasteiger partial charge in [-0.2, -0.15) is 0 Å². The lowest BCUT2D eigenvalue weighted by molar-refractivity contribution is -0.124. The molecule has 2 aliphatic rings. The maximum absolute atomic E-state index is 13.0. The Hall–Kier alpha value is -1.55. The third-order valence-electron chi connectivity index (χ3n) is 5.02. The van der Waals surface area contributed by atoms with Gasteiger partial charge in [-0.25, -0.2) is 0 Å². The van der Waals surface area contributed by atoms with Crippen LogP contribution in [0.4, 0.5) is 11.4 Å². The maximum Gasteiger partial charge on any atom is 0.233 e. The van der Waals surface area contributed by atoms with Crippen LogP contribution in [0, 0.1) is 11.8 Å². The number of ether oxygens (including phenoxy) is 1. The summed E-state index contributed by atoms with van der Waals surface area (Å²) in [5, 5.41) is 0. The number of hydrogen-bond donors (Lipinski definition) is 1. The molecule has 1 saturated heterocycles. The van der Waals surface area contributed by atoms with Crippen molar-refractivity contribution < 1.29 is 9.53 Å². The van der Waals surface area contributed by atoms with Crippen LogP contribution >= 0.6 is 0 Å². The number of carbonyl (C=O) groups excluding carboxylic acids is 1. The van der Waals surface area contributed by atoms with E-state index >= 15 is 0 Å². The molecule has 2 heterocycles. The highest BCUT2D eigenvalue weighted by atomic mass is 16.5. The molecule has 0 saturated carbocycles. The van der Waals surface area contributed by atoms with Gasteiger partial charge in [0, 0.05) is 17.9 Å². The lowest BCUT2D eigenvalue weighted by Crippen LogP contribution is -2.43. The standard InChI is InChI=1S/C17H24N2O2/c1-10-11(2)21-12(3)16(10)17(20)19-8-4-5-13-9-14(18)6-7-15(13)19/h6-7,9-12,16H,4-5,8,18H2,1-3H3. The number of fused-ring (bicyclic) bond motifs is 1. The first kappa shape index (κ1) is 14.4. The van der Waals surface area contributed by atoms with E-state index in [-0.39, 0.29) is 30.0 Å². The molecule has 4 nitrogen and oxygen atoms in total. The molecule has 4 unspecified atom stereocenters. The Bertz CT molecular complexity index is 558. The Morgan fingerprint density at radius 2 is 2.05 bits per heavy atom. The summed E-state index contributed by atoms with van der Waals surface area (Å²) >= 11 is 0. The summed E-state index contributed by atoms with van der Waals surface area (Å²) in [5.74, 6) is 0.403. The summed E-state index contributed by atoms with van der Waals surface area (Å²) in [6.07, 6.45) is 2.12. The van der Waals surface area contributed by atoms with E-state index in [0.717, 1.165) is 30.8 Å². The van der Waals surface area contributed by atoms with Gasteiger partial charge in [-0.05, 0) is 56.4 Å². The average Bonchev–Trinajstić information content (AvgIpc) is 2.70. The topological polar surface area (TPSA) is 55.6 Å². The number of hydrogen-bond acceptors (Lipinski definition) is 3. The van der Waals surface area contributed by atoms with Gasteiger partial charge in [-0.3, -0.25) is 4.79 Å². The number of amides is 1. The highest BCUT2D eigenvalue weighted by molar-refractivity contribution is 5.97. The lowest BCUT2D eigenvalue weighted by atomic mass is 9.87. The summed E-state index contributed by atoms with van der Waals surface area (Å²) in [5.41, 5.74) is 8.84. The Morgan fingerprint density at radius 1 is 1.29 bits per heavy atom. The Labute approximate surface area is 126 Å². The molecule has 0 aromatic heterocycles. The van der Waals surface area contributed by atoms with E-state index < -0.39 is 0 Å². The maximum atomic E-state index is 13.0. The van der Waals surface area contributed by atoms with Gasteiger partial charge in [0.2, 0.25) is 5.91 Å². The number of nitrogen functional groups attached to an aromatic ring is 1. The molecule has 4 atom stereocenters. The van der Waals surface area contributed by atoms with Crippen LogP contribution in [0.1, 0.15) is 32.8 Å². The molecule has 1 aromatic rings. The number of nitrogens with two attached hydrogens (primary N) is 1. The van der Waals surface area contributed by atoms with Crippen LogP contribution in [0.3, 0.4) is 0 Å². The molecule has 3 rings (SSSR count). The summed E-state index contributed by atoms with van der Waals surface area (Å²) in [7, 11) is 0. The molecule has 0 radical (unpaired) electrons. The minimum absolute atomic E-state index is 0.0124. The molecule has 21 heavy (non-hydrogen) atoms. The van der Waals surface area contributed by atoms with Gasteiger partial charge in [-0.1, -0.05) is 6.92 Å². The van der Waals surface area contributed by atoms with Crippen LogP contribution in [0.15, 0.2) is 18.2 Å². The SMILES string of the molecule is CC1OC(C)C(C(=O)N2CCCc3cc(N)ccc32)C1C. The number of nitrogens with zero attached hydrogens (tertiary/aromatic N) is 1. The fourth-order valence-corrected chi connectivity index (χ4v) is 3.72. The largest absolute Gasteiger partial charge is 0.399 e. The number of rotatable bonds is 1. The van der Waals surface area contributed by atoms with Crippen molar-refractivity contribution >= 4 is 17.3 Å². The number of anilines is 2. The molecule has 114 valence electrons. The van der Waals surface area contributed by atoms with Crippen molar-refractivity contribution in [2.75, 3.05) is 17.2 Å². The van der Waals surface area contributed by atoms with Gasteiger partial charge in [0.15, 0.2) is 0 Å². The molecular weight excluding hydrogens is 264 g/mol. The highest BCUT2D eigenvalue weighted by Gasteiger charge is 2.44. The van der Waals surface area contributed by atoms with Gasteiger partial charge in [-0.15, -0.1) is 0 Å². The highest BCUT2D eigenvalue weighted by Crippen LogP contribution is 2.37. The molecule has 2 N–H and O–H groups in total. The van der Waals surface area contributed by atoms with E-state index in [2.05, 4.69) is 13.8 Å². The Kier molecular flexibility index (Phi) is 3.66. The van der Waals surface area contributed by atoms with Gasteiger partial charge in [0.05, 0.1) is 18.1 Å². The van der Waals surface area contributed by atoms with E-state index in [9.17, 15) is 4.79 Å². The third-order valence-corrected chi connectivity index (χ3v) is 5.02. The molecule has 0 spiro atoms. The molecule has 1 aromatic carbocycles.